The maximum absolute atomic E-state index is 12.8. The summed E-state index contributed by atoms with van der Waals surface area (Å²) in [5, 5.41) is 18.5. The van der Waals surface area contributed by atoms with Crippen molar-refractivity contribution in [3.8, 4) is 0 Å². The van der Waals surface area contributed by atoms with Gasteiger partial charge >= 0.3 is 12.1 Å². The second kappa shape index (κ2) is 5.91. The Bertz CT molecular complexity index is 557. The summed E-state index contributed by atoms with van der Waals surface area (Å²) >= 11 is 0. The summed E-state index contributed by atoms with van der Waals surface area (Å²) in [4.78, 5) is 39.3. The Balaban J connectivity index is 2.30. The Labute approximate surface area is 141 Å². The van der Waals surface area contributed by atoms with Crippen molar-refractivity contribution in [1.29, 1.82) is 0 Å². The average Bonchev–Trinajstić information content (AvgIpc) is 2.81. The lowest BCUT2D eigenvalue weighted by Gasteiger charge is -2.58. The zero-order chi connectivity index (χ0) is 18.4. The van der Waals surface area contributed by atoms with Crippen molar-refractivity contribution in [3.05, 3.63) is 0 Å². The number of hydrogen-bond acceptors (Lipinski definition) is 5. The summed E-state index contributed by atoms with van der Waals surface area (Å²) < 4.78 is 5.44. The number of carbonyl (C=O) groups is 3. The molecule has 2 heterocycles. The minimum absolute atomic E-state index is 0.175. The van der Waals surface area contributed by atoms with E-state index in [1.165, 1.54) is 4.90 Å². The predicted octanol–water partition coefficient (Wildman–Crippen LogP) is 0.821. The molecule has 24 heavy (non-hydrogen) atoms. The standard InChI is InChI=1S/C16H26N2O6/c1-9-6-7-16(18(9)14(23)24-15(3,4)5)10(2)17(13(16)22)11(8-19)12(20)21/h9-11,19H,6-8H2,1-5H3,(H,20,21)/t9?,10?,11-,16?/m0/s1. The number of carbonyl (C=O) groups excluding carboxylic acids is 2. The van der Waals surface area contributed by atoms with E-state index in [0.717, 1.165) is 4.90 Å². The third kappa shape index (κ3) is 2.62. The van der Waals surface area contributed by atoms with Crippen molar-refractivity contribution in [1.82, 2.24) is 9.80 Å². The summed E-state index contributed by atoms with van der Waals surface area (Å²) in [5.41, 5.74) is -1.77. The minimum atomic E-state index is -1.30. The molecule has 4 atom stereocenters. The molecule has 0 radical (unpaired) electrons. The van der Waals surface area contributed by atoms with Crippen LogP contribution in [0.15, 0.2) is 0 Å². The molecule has 0 saturated carbocycles. The maximum atomic E-state index is 12.8. The molecule has 2 fully saturated rings. The number of rotatable bonds is 3. The van der Waals surface area contributed by atoms with Crippen LogP contribution >= 0.6 is 0 Å². The van der Waals surface area contributed by atoms with Gasteiger partial charge in [0.1, 0.15) is 11.1 Å². The minimum Gasteiger partial charge on any atom is -0.480 e. The molecule has 0 aliphatic carbocycles. The molecule has 136 valence electrons. The number of ether oxygens (including phenoxy) is 1. The van der Waals surface area contributed by atoms with Gasteiger partial charge in [0.05, 0.1) is 12.6 Å². The van der Waals surface area contributed by atoms with Crippen LogP contribution in [0, 0.1) is 0 Å². The third-order valence-electron chi connectivity index (χ3n) is 4.91. The molecule has 2 aliphatic rings. The van der Waals surface area contributed by atoms with Crippen molar-refractivity contribution < 1.29 is 29.3 Å². The lowest BCUT2D eigenvalue weighted by atomic mass is 9.76. The fraction of sp³-hybridized carbons (Fsp3) is 0.812. The van der Waals surface area contributed by atoms with E-state index in [9.17, 15) is 24.6 Å². The highest BCUT2D eigenvalue weighted by Gasteiger charge is 2.68. The lowest BCUT2D eigenvalue weighted by molar-refractivity contribution is -0.185. The first-order chi connectivity index (χ1) is 11.0. The molecular formula is C16H26N2O6. The first-order valence-electron chi connectivity index (χ1n) is 8.16. The van der Waals surface area contributed by atoms with Crippen LogP contribution in [0.4, 0.5) is 4.79 Å². The number of nitrogens with zero attached hydrogens (tertiary/aromatic N) is 2. The van der Waals surface area contributed by atoms with Gasteiger partial charge in [-0.3, -0.25) is 9.69 Å². The van der Waals surface area contributed by atoms with E-state index in [-0.39, 0.29) is 6.04 Å². The molecule has 2 aliphatic heterocycles. The van der Waals surface area contributed by atoms with Crippen LogP contribution in [-0.2, 0) is 14.3 Å². The van der Waals surface area contributed by atoms with E-state index >= 15 is 0 Å². The second-order valence-corrected chi connectivity index (χ2v) is 7.59. The molecule has 0 aromatic rings. The Morgan fingerprint density at radius 1 is 1.38 bits per heavy atom. The van der Waals surface area contributed by atoms with Crippen molar-refractivity contribution in [2.24, 2.45) is 0 Å². The largest absolute Gasteiger partial charge is 0.480 e. The third-order valence-corrected chi connectivity index (χ3v) is 4.91. The van der Waals surface area contributed by atoms with E-state index in [4.69, 9.17) is 4.74 Å². The highest BCUT2D eigenvalue weighted by Crippen LogP contribution is 2.48. The van der Waals surface area contributed by atoms with Crippen LogP contribution in [-0.4, -0.2) is 73.9 Å². The van der Waals surface area contributed by atoms with Gasteiger partial charge in [0, 0.05) is 6.04 Å². The molecule has 2 saturated heterocycles. The van der Waals surface area contributed by atoms with Gasteiger partial charge in [0.25, 0.3) is 5.91 Å². The molecule has 8 nitrogen and oxygen atoms in total. The van der Waals surface area contributed by atoms with Crippen LogP contribution < -0.4 is 0 Å². The van der Waals surface area contributed by atoms with Crippen LogP contribution in [0.2, 0.25) is 0 Å². The summed E-state index contributed by atoms with van der Waals surface area (Å²) in [7, 11) is 0. The number of amides is 2. The highest BCUT2D eigenvalue weighted by atomic mass is 16.6. The normalized spacial score (nSPS) is 31.2. The second-order valence-electron chi connectivity index (χ2n) is 7.59. The summed E-state index contributed by atoms with van der Waals surface area (Å²) in [6.07, 6.45) is 0.532. The zero-order valence-corrected chi connectivity index (χ0v) is 14.8. The monoisotopic (exact) mass is 342 g/mol. The number of aliphatic carboxylic acids is 1. The Morgan fingerprint density at radius 3 is 2.38 bits per heavy atom. The van der Waals surface area contributed by atoms with Crippen LogP contribution in [0.1, 0.15) is 47.5 Å². The number of likely N-dealkylation sites (tertiary alicyclic amines) is 2. The molecular weight excluding hydrogens is 316 g/mol. The SMILES string of the molecule is CC1CCC2(C(=O)N([C@@H](CO)C(=O)O)C2C)N1C(=O)OC(C)(C)C. The highest BCUT2D eigenvalue weighted by molar-refractivity contribution is 6.00. The fourth-order valence-electron chi connectivity index (χ4n) is 3.78. The molecule has 0 aromatic carbocycles. The Hall–Kier alpha value is -1.83. The van der Waals surface area contributed by atoms with Gasteiger partial charge in [-0.05, 0) is 47.5 Å². The van der Waals surface area contributed by atoms with Gasteiger partial charge in [-0.1, -0.05) is 0 Å². The van der Waals surface area contributed by atoms with Gasteiger partial charge < -0.3 is 19.8 Å². The summed E-state index contributed by atoms with van der Waals surface area (Å²) in [6.45, 7) is 8.16. The zero-order valence-electron chi connectivity index (χ0n) is 14.8. The van der Waals surface area contributed by atoms with Crippen LogP contribution in [0.25, 0.3) is 0 Å². The molecule has 3 unspecified atom stereocenters. The number of hydrogen-bond donors (Lipinski definition) is 2. The van der Waals surface area contributed by atoms with Gasteiger partial charge in [0.2, 0.25) is 0 Å². The van der Waals surface area contributed by atoms with E-state index < -0.39 is 47.8 Å². The van der Waals surface area contributed by atoms with Crippen molar-refractivity contribution in [2.75, 3.05) is 6.61 Å². The van der Waals surface area contributed by atoms with E-state index in [2.05, 4.69) is 0 Å². The molecule has 0 bridgehead atoms. The van der Waals surface area contributed by atoms with Gasteiger partial charge in [-0.2, -0.15) is 0 Å². The number of aliphatic hydroxyl groups excluding tert-OH is 1. The van der Waals surface area contributed by atoms with Crippen molar-refractivity contribution >= 4 is 18.0 Å². The van der Waals surface area contributed by atoms with Gasteiger partial charge in [-0.15, -0.1) is 0 Å². The van der Waals surface area contributed by atoms with Crippen LogP contribution in [0.3, 0.4) is 0 Å². The molecule has 8 heteroatoms. The Kier molecular flexibility index (Phi) is 4.56. The van der Waals surface area contributed by atoms with Gasteiger partial charge in [0.15, 0.2) is 6.04 Å². The van der Waals surface area contributed by atoms with Crippen molar-refractivity contribution in [3.63, 3.8) is 0 Å². The first-order valence-corrected chi connectivity index (χ1v) is 8.16. The van der Waals surface area contributed by atoms with E-state index in [1.54, 1.807) is 27.7 Å². The number of carboxylic acids is 1. The average molecular weight is 342 g/mol. The fourth-order valence-corrected chi connectivity index (χ4v) is 3.78. The van der Waals surface area contributed by atoms with E-state index in [0.29, 0.717) is 12.8 Å². The van der Waals surface area contributed by atoms with Crippen LogP contribution in [0.5, 0.6) is 0 Å². The molecule has 2 N–H and O–H groups in total. The van der Waals surface area contributed by atoms with Crippen molar-refractivity contribution in [2.45, 2.75) is 76.7 Å². The first kappa shape index (κ1) is 18.5. The predicted molar refractivity (Wildman–Crippen MR) is 84.3 cm³/mol. The lowest BCUT2D eigenvalue weighted by Crippen LogP contribution is -2.81. The smallest absolute Gasteiger partial charge is 0.411 e. The Morgan fingerprint density at radius 2 is 1.96 bits per heavy atom. The molecule has 0 aromatic heterocycles. The number of β-lactam (4-membered cyclic amide) rings is 1. The molecule has 2 amide bonds. The number of carboxylic acid groups (broad SMARTS) is 1. The topological polar surface area (TPSA) is 107 Å². The summed E-state index contributed by atoms with van der Waals surface area (Å²) in [5.74, 6) is -1.70. The molecule has 2 rings (SSSR count). The van der Waals surface area contributed by atoms with Gasteiger partial charge in [-0.25, -0.2) is 9.59 Å². The summed E-state index contributed by atoms with van der Waals surface area (Å²) in [6, 6.07) is -1.98. The van der Waals surface area contributed by atoms with E-state index in [1.807, 2.05) is 6.92 Å². The number of aliphatic hydroxyl groups is 1. The maximum Gasteiger partial charge on any atom is 0.411 e. The quantitative estimate of drug-likeness (QED) is 0.735. The molecule has 1 spiro atoms.